The number of aliphatic hydroxyl groups is 5. The van der Waals surface area contributed by atoms with Crippen molar-refractivity contribution >= 4 is 0 Å². The highest BCUT2D eigenvalue weighted by molar-refractivity contribution is 4.81. The van der Waals surface area contributed by atoms with Gasteiger partial charge in [-0.25, -0.2) is 0 Å². The van der Waals surface area contributed by atoms with E-state index in [1.165, 1.54) is 0 Å². The summed E-state index contributed by atoms with van der Waals surface area (Å²) in [7, 11) is 0. The normalized spacial score (nSPS) is 19.2. The van der Waals surface area contributed by atoms with Crippen molar-refractivity contribution in [2.24, 2.45) is 5.11 Å². The van der Waals surface area contributed by atoms with E-state index in [2.05, 4.69) is 10.0 Å². The summed E-state index contributed by atoms with van der Waals surface area (Å²) in [4.78, 5) is 2.34. The predicted molar refractivity (Wildman–Crippen MR) is 45.1 cm³/mol. The molecule has 0 aromatic rings. The van der Waals surface area contributed by atoms with Crippen molar-refractivity contribution in [3.05, 3.63) is 10.4 Å². The molecule has 0 rings (SSSR count). The fourth-order valence-electron chi connectivity index (χ4n) is 0.791. The Bertz CT molecular complexity index is 208. The van der Waals surface area contributed by atoms with Crippen molar-refractivity contribution < 1.29 is 25.5 Å². The van der Waals surface area contributed by atoms with Gasteiger partial charge in [0.05, 0.1) is 19.3 Å². The van der Waals surface area contributed by atoms with Crippen LogP contribution in [0.15, 0.2) is 5.11 Å². The molecule has 0 spiro atoms. The van der Waals surface area contributed by atoms with E-state index in [1.54, 1.807) is 0 Å². The van der Waals surface area contributed by atoms with Crippen LogP contribution in [0.25, 0.3) is 10.4 Å². The molecule has 0 amide bonds. The van der Waals surface area contributed by atoms with Crippen LogP contribution in [0.3, 0.4) is 0 Å². The Morgan fingerprint density at radius 3 is 2.00 bits per heavy atom. The first-order valence-electron chi connectivity index (χ1n) is 3.88. The van der Waals surface area contributed by atoms with Gasteiger partial charge in [0, 0.05) is 4.91 Å². The van der Waals surface area contributed by atoms with Gasteiger partial charge in [-0.2, -0.15) is 0 Å². The molecule has 0 aromatic carbocycles. The molecule has 82 valence electrons. The van der Waals surface area contributed by atoms with Crippen LogP contribution in [-0.4, -0.2) is 63.1 Å². The molecule has 0 aliphatic carbocycles. The molecule has 0 saturated heterocycles. The molecule has 0 aliphatic heterocycles. The Labute approximate surface area is 79.7 Å². The third-order valence-corrected chi connectivity index (χ3v) is 1.66. The van der Waals surface area contributed by atoms with E-state index in [0.29, 0.717) is 0 Å². The molecule has 0 aliphatic rings. The summed E-state index contributed by atoms with van der Waals surface area (Å²) in [5.74, 6) is 0. The van der Waals surface area contributed by atoms with E-state index in [4.69, 9.17) is 31.1 Å². The second-order valence-electron chi connectivity index (χ2n) is 2.71. The predicted octanol–water partition coefficient (Wildman–Crippen LogP) is -2.27. The summed E-state index contributed by atoms with van der Waals surface area (Å²) in [6.07, 6.45) is -6.40. The van der Waals surface area contributed by atoms with Crippen LogP contribution in [0, 0.1) is 0 Å². The summed E-state index contributed by atoms with van der Waals surface area (Å²) >= 11 is 0. The van der Waals surface area contributed by atoms with E-state index < -0.39 is 37.6 Å². The Hall–Kier alpha value is -0.890. The van der Waals surface area contributed by atoms with Crippen LogP contribution in [-0.2, 0) is 0 Å². The first-order chi connectivity index (χ1) is 6.54. The summed E-state index contributed by atoms with van der Waals surface area (Å²) in [5.41, 5.74) is 7.90. The maximum absolute atomic E-state index is 9.16. The van der Waals surface area contributed by atoms with E-state index in [1.807, 2.05) is 0 Å². The van der Waals surface area contributed by atoms with Crippen LogP contribution in [0.2, 0.25) is 0 Å². The van der Waals surface area contributed by atoms with Gasteiger partial charge >= 0.3 is 0 Å². The topological polar surface area (TPSA) is 150 Å². The summed E-state index contributed by atoms with van der Waals surface area (Å²) in [6.45, 7) is -1.17. The highest BCUT2D eigenvalue weighted by atomic mass is 16.4. The molecular formula is C6H13N3O5. The van der Waals surface area contributed by atoms with Crippen molar-refractivity contribution in [2.75, 3.05) is 13.2 Å². The minimum Gasteiger partial charge on any atom is -0.394 e. The monoisotopic (exact) mass is 207 g/mol. The number of hydrogen-bond donors (Lipinski definition) is 5. The third-order valence-electron chi connectivity index (χ3n) is 1.66. The van der Waals surface area contributed by atoms with Crippen LogP contribution >= 0.6 is 0 Å². The second kappa shape index (κ2) is 6.55. The average molecular weight is 207 g/mol. The lowest BCUT2D eigenvalue weighted by atomic mass is 10.0. The van der Waals surface area contributed by atoms with Gasteiger partial charge in [-0.1, -0.05) is 5.11 Å². The fourth-order valence-corrected chi connectivity index (χ4v) is 0.791. The van der Waals surface area contributed by atoms with Crippen molar-refractivity contribution in [1.82, 2.24) is 0 Å². The minimum absolute atomic E-state index is 0.424. The quantitative estimate of drug-likeness (QED) is 0.189. The number of azide groups is 1. The Morgan fingerprint density at radius 1 is 1.07 bits per heavy atom. The molecule has 8 heteroatoms. The first kappa shape index (κ1) is 13.1. The third kappa shape index (κ3) is 3.88. The smallest absolute Gasteiger partial charge is 0.110 e. The average Bonchev–Trinajstić information content (AvgIpc) is 2.22. The maximum atomic E-state index is 9.16. The summed E-state index contributed by atoms with van der Waals surface area (Å²) in [6, 6.07) is 0. The Kier molecular flexibility index (Phi) is 6.13. The number of hydrogen-bond acceptors (Lipinski definition) is 6. The molecule has 0 aromatic heterocycles. The van der Waals surface area contributed by atoms with Crippen molar-refractivity contribution in [3.8, 4) is 0 Å². The Morgan fingerprint density at radius 2 is 1.57 bits per heavy atom. The van der Waals surface area contributed by atoms with Gasteiger partial charge in [0.15, 0.2) is 0 Å². The standard InChI is InChI=1S/C6H13N3O5/c7-9-8-1-3(11)5(13)6(14)4(12)2-10/h3-6,10-14H,1-2H2/t3-,4-,5-,6-/m1/s1. The van der Waals surface area contributed by atoms with E-state index in [-0.39, 0.29) is 0 Å². The zero-order valence-corrected chi connectivity index (χ0v) is 7.30. The molecule has 0 bridgehead atoms. The molecule has 0 radical (unpaired) electrons. The molecule has 5 N–H and O–H groups in total. The van der Waals surface area contributed by atoms with Crippen LogP contribution in [0.5, 0.6) is 0 Å². The number of nitrogens with zero attached hydrogens (tertiary/aromatic N) is 3. The largest absolute Gasteiger partial charge is 0.394 e. The summed E-state index contributed by atoms with van der Waals surface area (Å²) in [5, 5.41) is 47.7. The molecule has 0 heterocycles. The van der Waals surface area contributed by atoms with Crippen LogP contribution in [0.1, 0.15) is 0 Å². The van der Waals surface area contributed by atoms with Crippen molar-refractivity contribution in [2.45, 2.75) is 24.4 Å². The van der Waals surface area contributed by atoms with E-state index >= 15 is 0 Å². The second-order valence-corrected chi connectivity index (χ2v) is 2.71. The first-order valence-corrected chi connectivity index (χ1v) is 3.88. The molecule has 14 heavy (non-hydrogen) atoms. The highest BCUT2D eigenvalue weighted by Gasteiger charge is 2.29. The lowest BCUT2D eigenvalue weighted by molar-refractivity contribution is -0.112. The van der Waals surface area contributed by atoms with Gasteiger partial charge < -0.3 is 25.5 Å². The highest BCUT2D eigenvalue weighted by Crippen LogP contribution is 2.05. The van der Waals surface area contributed by atoms with Gasteiger partial charge in [0.25, 0.3) is 0 Å². The van der Waals surface area contributed by atoms with Gasteiger partial charge in [0.2, 0.25) is 0 Å². The van der Waals surface area contributed by atoms with Crippen molar-refractivity contribution in [3.63, 3.8) is 0 Å². The number of aliphatic hydroxyl groups excluding tert-OH is 5. The van der Waals surface area contributed by atoms with Gasteiger partial charge in [-0.3, -0.25) is 0 Å². The van der Waals surface area contributed by atoms with E-state index in [0.717, 1.165) is 0 Å². The molecule has 4 atom stereocenters. The zero-order chi connectivity index (χ0) is 11.1. The molecule has 0 saturated carbocycles. The fraction of sp³-hybridized carbons (Fsp3) is 1.00. The van der Waals surface area contributed by atoms with E-state index in [9.17, 15) is 0 Å². The molecule has 0 fully saturated rings. The Balaban J connectivity index is 4.15. The van der Waals surface area contributed by atoms with Crippen LogP contribution in [0.4, 0.5) is 0 Å². The summed E-state index contributed by atoms with van der Waals surface area (Å²) < 4.78 is 0. The van der Waals surface area contributed by atoms with Gasteiger partial charge in [-0.05, 0) is 5.53 Å². The van der Waals surface area contributed by atoms with Gasteiger partial charge in [-0.15, -0.1) is 0 Å². The molecular weight excluding hydrogens is 194 g/mol. The molecule has 0 unspecified atom stereocenters. The minimum atomic E-state index is -1.69. The lowest BCUT2D eigenvalue weighted by Gasteiger charge is -2.24. The van der Waals surface area contributed by atoms with Crippen LogP contribution < -0.4 is 0 Å². The van der Waals surface area contributed by atoms with Crippen molar-refractivity contribution in [1.29, 1.82) is 0 Å². The zero-order valence-electron chi connectivity index (χ0n) is 7.30. The van der Waals surface area contributed by atoms with Gasteiger partial charge in [0.1, 0.15) is 18.3 Å². The maximum Gasteiger partial charge on any atom is 0.110 e. The number of rotatable bonds is 6. The lowest BCUT2D eigenvalue weighted by Crippen LogP contribution is -2.46. The SMILES string of the molecule is [N-]=[N+]=NC[C@@H](O)[C@@H](O)[C@H](O)[C@H](O)CO. The molecule has 8 nitrogen and oxygen atoms in total.